The van der Waals surface area contributed by atoms with Gasteiger partial charge in [0.25, 0.3) is 0 Å². The summed E-state index contributed by atoms with van der Waals surface area (Å²) >= 11 is 0. The second-order valence-corrected chi connectivity index (χ2v) is 7.96. The first-order valence-electron chi connectivity index (χ1n) is 7.76. The molecule has 2 saturated heterocycles. The van der Waals surface area contributed by atoms with Crippen LogP contribution in [0.2, 0.25) is 0 Å². The summed E-state index contributed by atoms with van der Waals surface area (Å²) in [6.45, 7) is 3.50. The van der Waals surface area contributed by atoms with Crippen LogP contribution in [0.25, 0.3) is 0 Å². The van der Waals surface area contributed by atoms with Gasteiger partial charge in [-0.25, -0.2) is 8.42 Å². The molecule has 0 atom stereocenters. The van der Waals surface area contributed by atoms with E-state index in [1.807, 2.05) is 0 Å². The van der Waals surface area contributed by atoms with Gasteiger partial charge >= 0.3 is 0 Å². The van der Waals surface area contributed by atoms with Gasteiger partial charge in [-0.3, -0.25) is 4.90 Å². The van der Waals surface area contributed by atoms with Gasteiger partial charge in [0.1, 0.15) is 4.90 Å². The molecule has 22 heavy (non-hydrogen) atoms. The van der Waals surface area contributed by atoms with E-state index in [2.05, 4.69) is 4.90 Å². The highest BCUT2D eigenvalue weighted by atomic mass is 32.2. The Kier molecular flexibility index (Phi) is 4.29. The molecule has 0 radical (unpaired) electrons. The summed E-state index contributed by atoms with van der Waals surface area (Å²) in [5, 5.41) is 19.9. The van der Waals surface area contributed by atoms with Gasteiger partial charge in [0.05, 0.1) is 0 Å². The third-order valence-corrected chi connectivity index (χ3v) is 6.31. The zero-order valence-corrected chi connectivity index (χ0v) is 13.3. The molecule has 2 aliphatic heterocycles. The Hall–Kier alpha value is -1.31. The van der Waals surface area contributed by atoms with E-state index in [1.54, 1.807) is 0 Å². The highest BCUT2D eigenvalue weighted by Gasteiger charge is 2.31. The molecular weight excluding hydrogens is 304 g/mol. The highest BCUT2D eigenvalue weighted by molar-refractivity contribution is 7.89. The lowest BCUT2D eigenvalue weighted by atomic mass is 10.2. The standard InChI is InChI=1S/C15H22N2O4S/c18-13-9-12(11-16-5-1-2-6-16)10-14(15(13)19)22(20,21)17-7-3-4-8-17/h9-10,18-19H,1-8,11H2. The number of hydrogen-bond acceptors (Lipinski definition) is 5. The summed E-state index contributed by atoms with van der Waals surface area (Å²) in [6, 6.07) is 2.96. The molecule has 0 bridgehead atoms. The van der Waals surface area contributed by atoms with Gasteiger partial charge < -0.3 is 10.2 Å². The Labute approximate surface area is 131 Å². The van der Waals surface area contributed by atoms with E-state index in [9.17, 15) is 18.6 Å². The van der Waals surface area contributed by atoms with Crippen LogP contribution < -0.4 is 0 Å². The molecule has 0 saturated carbocycles. The summed E-state index contributed by atoms with van der Waals surface area (Å²) in [5.41, 5.74) is 0.718. The van der Waals surface area contributed by atoms with Gasteiger partial charge in [-0.15, -0.1) is 0 Å². The van der Waals surface area contributed by atoms with Crippen molar-refractivity contribution >= 4 is 10.0 Å². The fourth-order valence-electron chi connectivity index (χ4n) is 3.20. The van der Waals surface area contributed by atoms with Crippen LogP contribution in [0.15, 0.2) is 17.0 Å². The summed E-state index contributed by atoms with van der Waals surface area (Å²) in [4.78, 5) is 2.04. The average molecular weight is 326 g/mol. The minimum absolute atomic E-state index is 0.177. The molecule has 2 aliphatic rings. The van der Waals surface area contributed by atoms with Crippen molar-refractivity contribution in [2.75, 3.05) is 26.2 Å². The zero-order chi connectivity index (χ0) is 15.7. The number of aromatic hydroxyl groups is 2. The number of likely N-dealkylation sites (tertiary alicyclic amines) is 1. The van der Waals surface area contributed by atoms with Crippen LogP contribution in [0, 0.1) is 0 Å². The third-order valence-electron chi connectivity index (χ3n) is 4.40. The molecule has 2 N–H and O–H groups in total. The smallest absolute Gasteiger partial charge is 0.246 e. The Morgan fingerprint density at radius 2 is 1.55 bits per heavy atom. The Bertz CT molecular complexity index is 648. The molecule has 1 aromatic carbocycles. The van der Waals surface area contributed by atoms with Crippen molar-refractivity contribution in [2.24, 2.45) is 0 Å². The molecule has 122 valence electrons. The average Bonchev–Trinajstić information content (AvgIpc) is 3.15. The van der Waals surface area contributed by atoms with Crippen molar-refractivity contribution in [3.05, 3.63) is 17.7 Å². The number of phenolic OH excluding ortho intramolecular Hbond substituents is 2. The van der Waals surface area contributed by atoms with Crippen molar-refractivity contribution in [2.45, 2.75) is 37.1 Å². The van der Waals surface area contributed by atoms with Crippen molar-refractivity contribution in [1.29, 1.82) is 0 Å². The predicted molar refractivity (Wildman–Crippen MR) is 82.3 cm³/mol. The van der Waals surface area contributed by atoms with Crippen molar-refractivity contribution in [3.8, 4) is 11.5 Å². The molecule has 0 spiro atoms. The fraction of sp³-hybridized carbons (Fsp3) is 0.600. The molecule has 7 heteroatoms. The summed E-state index contributed by atoms with van der Waals surface area (Å²) in [7, 11) is -3.74. The van der Waals surface area contributed by atoms with Crippen LogP contribution in [-0.2, 0) is 16.6 Å². The summed E-state index contributed by atoms with van der Waals surface area (Å²) < 4.78 is 26.7. The third kappa shape index (κ3) is 2.93. The molecule has 2 fully saturated rings. The van der Waals surface area contributed by atoms with Crippen molar-refractivity contribution < 1.29 is 18.6 Å². The molecule has 2 heterocycles. The van der Waals surface area contributed by atoms with Gasteiger partial charge in [0.15, 0.2) is 11.5 Å². The zero-order valence-electron chi connectivity index (χ0n) is 12.5. The molecule has 0 aromatic heterocycles. The van der Waals surface area contributed by atoms with E-state index in [0.717, 1.165) is 44.3 Å². The Morgan fingerprint density at radius 3 is 2.18 bits per heavy atom. The number of rotatable bonds is 4. The molecule has 1 aromatic rings. The van der Waals surface area contributed by atoms with Gasteiger partial charge in [-0.1, -0.05) is 0 Å². The lowest BCUT2D eigenvalue weighted by Gasteiger charge is -2.19. The molecule has 6 nitrogen and oxygen atoms in total. The van der Waals surface area contributed by atoms with E-state index in [0.29, 0.717) is 19.6 Å². The first-order chi connectivity index (χ1) is 10.5. The Balaban J connectivity index is 1.93. The minimum atomic E-state index is -3.74. The van der Waals surface area contributed by atoms with E-state index >= 15 is 0 Å². The van der Waals surface area contributed by atoms with Crippen LogP contribution in [0.4, 0.5) is 0 Å². The molecule has 3 rings (SSSR count). The monoisotopic (exact) mass is 326 g/mol. The van der Waals surface area contributed by atoms with Gasteiger partial charge in [-0.05, 0) is 56.5 Å². The van der Waals surface area contributed by atoms with E-state index in [1.165, 1.54) is 16.4 Å². The fourth-order valence-corrected chi connectivity index (χ4v) is 4.87. The maximum atomic E-state index is 12.6. The SMILES string of the molecule is O=S(=O)(c1cc(CN2CCCC2)cc(O)c1O)N1CCCC1. The van der Waals surface area contributed by atoms with Crippen LogP contribution in [0.1, 0.15) is 31.2 Å². The topological polar surface area (TPSA) is 81.1 Å². The quantitative estimate of drug-likeness (QED) is 0.819. The largest absolute Gasteiger partial charge is 0.504 e. The van der Waals surface area contributed by atoms with Gasteiger partial charge in [0.2, 0.25) is 10.0 Å². The van der Waals surface area contributed by atoms with Crippen molar-refractivity contribution in [1.82, 2.24) is 9.21 Å². The van der Waals surface area contributed by atoms with Gasteiger partial charge in [-0.2, -0.15) is 4.31 Å². The minimum Gasteiger partial charge on any atom is -0.504 e. The number of nitrogens with zero attached hydrogens (tertiary/aromatic N) is 2. The first-order valence-corrected chi connectivity index (χ1v) is 9.20. The van der Waals surface area contributed by atoms with Crippen LogP contribution >= 0.6 is 0 Å². The number of sulfonamides is 1. The Morgan fingerprint density at radius 1 is 0.955 bits per heavy atom. The lowest BCUT2D eigenvalue weighted by molar-refractivity contribution is 0.328. The van der Waals surface area contributed by atoms with Gasteiger partial charge in [0, 0.05) is 19.6 Å². The van der Waals surface area contributed by atoms with E-state index < -0.39 is 15.8 Å². The predicted octanol–water partition coefficient (Wildman–Crippen LogP) is 1.48. The first kappa shape index (κ1) is 15.6. The maximum absolute atomic E-state index is 12.6. The molecule has 0 amide bonds. The summed E-state index contributed by atoms with van der Waals surface area (Å²) in [5.74, 6) is -0.911. The molecule has 0 aliphatic carbocycles. The number of benzene rings is 1. The second kappa shape index (κ2) is 6.06. The normalized spacial score (nSPS) is 20.7. The summed E-state index contributed by atoms with van der Waals surface area (Å²) in [6.07, 6.45) is 3.95. The van der Waals surface area contributed by atoms with E-state index in [-0.39, 0.29) is 10.6 Å². The number of hydrogen-bond donors (Lipinski definition) is 2. The highest BCUT2D eigenvalue weighted by Crippen LogP contribution is 2.36. The van der Waals surface area contributed by atoms with Crippen molar-refractivity contribution in [3.63, 3.8) is 0 Å². The number of phenols is 2. The van der Waals surface area contributed by atoms with Crippen LogP contribution in [0.5, 0.6) is 11.5 Å². The molecule has 0 unspecified atom stereocenters. The van der Waals surface area contributed by atoms with E-state index in [4.69, 9.17) is 0 Å². The van der Waals surface area contributed by atoms with Crippen LogP contribution in [-0.4, -0.2) is 54.0 Å². The second-order valence-electron chi connectivity index (χ2n) is 6.06. The lowest BCUT2D eigenvalue weighted by Crippen LogP contribution is -2.28. The maximum Gasteiger partial charge on any atom is 0.246 e. The van der Waals surface area contributed by atoms with Crippen LogP contribution in [0.3, 0.4) is 0 Å². The molecular formula is C15H22N2O4S.